The number of benzene rings is 4. The Morgan fingerprint density at radius 3 is 1.35 bits per heavy atom. The Balaban J connectivity index is 0.000000264. The van der Waals surface area contributed by atoms with Gasteiger partial charge < -0.3 is 79.1 Å². The molecule has 0 aliphatic carbocycles. The van der Waals surface area contributed by atoms with E-state index >= 15 is 0 Å². The van der Waals surface area contributed by atoms with Crippen LogP contribution in [0.5, 0.6) is 0 Å². The second kappa shape index (κ2) is 46.2. The molecule has 28 nitrogen and oxygen atoms in total. The molecule has 6 N–H and O–H groups in total. The largest absolute Gasteiger partial charge is 0.477 e. The molecule has 3 fully saturated rings. The third kappa shape index (κ3) is 25.7. The van der Waals surface area contributed by atoms with E-state index in [-0.39, 0.29) is 49.9 Å². The van der Waals surface area contributed by atoms with Crippen LogP contribution in [-0.2, 0) is 107 Å². The maximum absolute atomic E-state index is 13.2. The predicted molar refractivity (Wildman–Crippen MR) is 436 cm³/mol. The summed E-state index contributed by atoms with van der Waals surface area (Å²) in [5.41, 5.74) is 6.12. The van der Waals surface area contributed by atoms with Crippen LogP contribution in [0.4, 0.5) is 0 Å². The first kappa shape index (κ1) is 94.3. The molecule has 0 saturated carbocycles. The number of amides is 2. The van der Waals surface area contributed by atoms with Gasteiger partial charge in [0.25, 0.3) is 0 Å². The summed E-state index contributed by atoms with van der Waals surface area (Å²) in [5.74, 6) is -1.69. The van der Waals surface area contributed by atoms with Crippen LogP contribution in [0.2, 0.25) is 10.0 Å². The lowest BCUT2D eigenvalue weighted by molar-refractivity contribution is -0.161. The lowest BCUT2D eigenvalue weighted by Gasteiger charge is -2.32. The molecule has 114 heavy (non-hydrogen) atoms. The second-order valence-electron chi connectivity index (χ2n) is 28.7. The van der Waals surface area contributed by atoms with E-state index in [4.69, 9.17) is 86.3 Å². The van der Waals surface area contributed by atoms with E-state index in [1.807, 2.05) is 132 Å². The number of esters is 5. The summed E-state index contributed by atoms with van der Waals surface area (Å²) in [4.78, 5) is 109. The summed E-state index contributed by atoms with van der Waals surface area (Å²) >= 11 is 12.4. The van der Waals surface area contributed by atoms with Gasteiger partial charge in [0, 0.05) is 42.5 Å². The number of hydrogen-bond donors (Lipinski definition) is 5. The standard InChI is InChI=1S/C31H40ClN3O6.C30H38ClN3O6.C19H32N4O6.C2H6.C2H2/c1-21(33-3)29(36)41-27(22(2)39-19-23-10-6-5-7-11-23)18-35-15-9-14-26(35)28-34-31(20-40-28,30(37)38-4)17-24-12-8-13-25(32)16-24;1-20(32)28(35)40-26(21(2)38-18-22-9-5-4-6-10-22)17-34-14-8-13-25(34)27-33-30(19-39-27,29(36)37-3)16-23-11-7-12-24(31)15-23;1-6-19(18(27)28-5)10-29-16(22-19)13-8-7-9-23(13)17(26)14(12(3)24)21-15(25)11(2)20-4;2*1-2/h5-8,10-13,16,21-22,26-27,33H,9,14-15,17-20H2,1-4H3;4-7,9-12,15,20-21,25-26H,8,13-14,16-19,32H2,1-3H3;11-14,20,24H,6-10H2,1-5H3,(H,21,25);1-2H3;1-2H/t21-,22?,26-,27+,31+;20-,21?,25-,26+,30+;11-,12?,13-,14-,19+;;/m000../s1. The minimum absolute atomic E-state index is 0.0697. The zero-order chi connectivity index (χ0) is 83.9. The van der Waals surface area contributed by atoms with Gasteiger partial charge in [0.15, 0.2) is 16.6 Å². The number of aliphatic hydroxyl groups excluding tert-OH is 1. The number of ether oxygens (including phenoxy) is 10. The van der Waals surface area contributed by atoms with Crippen molar-refractivity contribution in [1.82, 2.24) is 30.7 Å². The summed E-state index contributed by atoms with van der Waals surface area (Å²) in [6.45, 7) is 20.0. The van der Waals surface area contributed by atoms with Crippen molar-refractivity contribution in [2.24, 2.45) is 20.7 Å². The molecule has 3 unspecified atom stereocenters. The Bertz CT molecular complexity index is 3880. The number of aliphatic imine (C=N–C) groups is 3. The van der Waals surface area contributed by atoms with Gasteiger partial charge in [-0.3, -0.25) is 29.0 Å². The fourth-order valence-corrected chi connectivity index (χ4v) is 14.2. The van der Waals surface area contributed by atoms with Crippen LogP contribution in [0.15, 0.2) is 124 Å². The fraction of sp³-hybridized carbons (Fsp3) is 0.571. The van der Waals surface area contributed by atoms with Crippen LogP contribution >= 0.6 is 23.2 Å². The number of rotatable bonds is 33. The van der Waals surface area contributed by atoms with Crippen LogP contribution in [0.3, 0.4) is 0 Å². The number of terminal acetylenes is 1. The van der Waals surface area contributed by atoms with Gasteiger partial charge in [-0.15, -0.1) is 12.8 Å². The molecule has 626 valence electrons. The van der Waals surface area contributed by atoms with Gasteiger partial charge in [-0.1, -0.05) is 129 Å². The highest BCUT2D eigenvalue weighted by atomic mass is 35.5. The van der Waals surface area contributed by atoms with Crippen molar-refractivity contribution in [3.63, 3.8) is 0 Å². The number of halogens is 2. The Morgan fingerprint density at radius 2 is 0.947 bits per heavy atom. The van der Waals surface area contributed by atoms with Gasteiger partial charge in [0.05, 0.1) is 71.0 Å². The number of nitrogens with zero attached hydrogens (tertiary/aromatic N) is 6. The average molecular weight is 1630 g/mol. The predicted octanol–water partition coefficient (Wildman–Crippen LogP) is 7.84. The highest BCUT2D eigenvalue weighted by Crippen LogP contribution is 2.35. The molecule has 10 rings (SSSR count). The Hall–Kier alpha value is -8.60. The quantitative estimate of drug-likeness (QED) is 0.0172. The second-order valence-corrected chi connectivity index (χ2v) is 29.6. The number of nitrogens with one attached hydrogen (secondary N) is 3. The summed E-state index contributed by atoms with van der Waals surface area (Å²) in [6, 6.07) is 30.8. The molecule has 6 aliphatic rings. The summed E-state index contributed by atoms with van der Waals surface area (Å²) in [6.07, 6.45) is 10.9. The molecule has 6 heterocycles. The van der Waals surface area contributed by atoms with E-state index < -0.39 is 101 Å². The van der Waals surface area contributed by atoms with Gasteiger partial charge in [-0.2, -0.15) is 0 Å². The number of aliphatic hydroxyl groups is 1. The van der Waals surface area contributed by atoms with Crippen LogP contribution in [-0.4, -0.2) is 257 Å². The lowest BCUT2D eigenvalue weighted by Crippen LogP contribution is -2.58. The Morgan fingerprint density at radius 1 is 0.561 bits per heavy atom. The monoisotopic (exact) mass is 1620 g/mol. The first-order chi connectivity index (χ1) is 54.6. The van der Waals surface area contributed by atoms with Crippen molar-refractivity contribution in [2.75, 3.05) is 88.0 Å². The summed E-state index contributed by atoms with van der Waals surface area (Å²) in [5, 5.41) is 19.6. The molecular weight excluding hydrogens is 1510 g/mol. The molecule has 6 aliphatic heterocycles. The average Bonchev–Trinajstić information content (AvgIpc) is 1.64. The zero-order valence-electron chi connectivity index (χ0n) is 68.3. The number of methoxy groups -OCH3 is 3. The van der Waals surface area contributed by atoms with Crippen LogP contribution in [0, 0.1) is 12.8 Å². The van der Waals surface area contributed by atoms with Gasteiger partial charge in [-0.05, 0) is 160 Å². The van der Waals surface area contributed by atoms with Crippen molar-refractivity contribution < 1.29 is 86.0 Å². The van der Waals surface area contributed by atoms with Gasteiger partial charge in [0.2, 0.25) is 29.5 Å². The van der Waals surface area contributed by atoms with Gasteiger partial charge in [-0.25, -0.2) is 29.4 Å². The first-order valence-corrected chi connectivity index (χ1v) is 39.8. The van der Waals surface area contributed by atoms with Crippen molar-refractivity contribution in [1.29, 1.82) is 0 Å². The molecule has 2 amide bonds. The Kier molecular flexibility index (Phi) is 38.2. The number of likely N-dealkylation sites (tertiary alicyclic amines) is 3. The van der Waals surface area contributed by atoms with E-state index in [9.17, 15) is 38.7 Å². The summed E-state index contributed by atoms with van der Waals surface area (Å²) < 4.78 is 57.2. The van der Waals surface area contributed by atoms with E-state index in [0.717, 1.165) is 67.4 Å². The van der Waals surface area contributed by atoms with Gasteiger partial charge in [0.1, 0.15) is 56.2 Å². The van der Waals surface area contributed by atoms with Crippen LogP contribution < -0.4 is 21.7 Å². The smallest absolute Gasteiger partial charge is 0.337 e. The number of likely N-dealkylation sites (N-methyl/N-ethyl adjacent to an activating group) is 2. The van der Waals surface area contributed by atoms with Gasteiger partial charge >= 0.3 is 29.8 Å². The molecule has 0 spiro atoms. The maximum atomic E-state index is 13.2. The molecule has 15 atom stereocenters. The zero-order valence-corrected chi connectivity index (χ0v) is 69.8. The van der Waals surface area contributed by atoms with Crippen molar-refractivity contribution >= 4 is 82.6 Å². The number of hydrogen-bond acceptors (Lipinski definition) is 26. The van der Waals surface area contributed by atoms with Crippen LogP contribution in [0.25, 0.3) is 0 Å². The maximum Gasteiger partial charge on any atom is 0.337 e. The molecule has 4 aromatic rings. The molecule has 30 heteroatoms. The normalized spacial score (nSPS) is 23.2. The van der Waals surface area contributed by atoms with Crippen LogP contribution in [0.1, 0.15) is 130 Å². The van der Waals surface area contributed by atoms with E-state index in [1.54, 1.807) is 51.9 Å². The van der Waals surface area contributed by atoms with Crippen molar-refractivity contribution in [3.05, 3.63) is 141 Å². The lowest BCUT2D eigenvalue weighted by atomic mass is 9.92. The molecule has 0 bridgehead atoms. The Labute approximate surface area is 681 Å². The molecule has 0 radical (unpaired) electrons. The number of carbonyl (C=O) groups excluding carboxylic acids is 7. The molecule has 0 aromatic heterocycles. The molecule has 3 saturated heterocycles. The van der Waals surface area contributed by atoms with E-state index in [2.05, 4.69) is 43.6 Å². The third-order valence-electron chi connectivity index (χ3n) is 20.7. The van der Waals surface area contributed by atoms with Crippen molar-refractivity contribution in [2.45, 2.75) is 223 Å². The number of carbonyl (C=O) groups is 7. The summed E-state index contributed by atoms with van der Waals surface area (Å²) in [7, 11) is 7.38. The van der Waals surface area contributed by atoms with E-state index in [1.165, 1.54) is 28.3 Å². The molecular formula is C84H118Cl2N10O18. The minimum atomic E-state index is -1.20. The topological polar surface area (TPSA) is 341 Å². The fourth-order valence-electron chi connectivity index (χ4n) is 13.8. The minimum Gasteiger partial charge on any atom is -0.477 e. The highest BCUT2D eigenvalue weighted by molar-refractivity contribution is 6.31. The molecule has 4 aromatic carbocycles. The third-order valence-corrected chi connectivity index (χ3v) is 21.1. The SMILES string of the molecule is C#C.CC.CC[C@]1(C(=O)OC)COC([C@@H]2CCCN2C(=O)[C@@H](NC(=O)[C@H](C)NC)C(C)O)=N1.CN[C@@H](C)C(=O)O[C@H](CN1CCC[C@H]1C1=N[C@@](Cc2cccc(Cl)c2)(C(=O)OC)CO1)C(C)OCc1ccccc1.COC(=O)[C@@]1(Cc2cccc(Cl)c2)COC([C@@H]2CCCN2C[C@@H](OC(=O)[C@H](C)N)C(C)OCc2ccccc2)=N1. The number of nitrogens with two attached hydrogens (primary N) is 1. The first-order valence-electron chi connectivity index (χ1n) is 39.0. The van der Waals surface area contributed by atoms with Crippen molar-refractivity contribution in [3.8, 4) is 12.8 Å². The highest BCUT2D eigenvalue weighted by Gasteiger charge is 2.52. The van der Waals surface area contributed by atoms with E-state index in [0.29, 0.717) is 86.3 Å².